The molecule has 18 heavy (non-hydrogen) atoms. The molecule has 0 aliphatic carbocycles. The molecule has 0 saturated heterocycles. The van der Waals surface area contributed by atoms with Gasteiger partial charge in [0.2, 0.25) is 0 Å². The lowest BCUT2D eigenvalue weighted by Crippen LogP contribution is -1.88. The van der Waals surface area contributed by atoms with Gasteiger partial charge >= 0.3 is 0 Å². The van der Waals surface area contributed by atoms with Gasteiger partial charge in [-0.3, -0.25) is 0 Å². The zero-order valence-corrected chi connectivity index (χ0v) is 12.4. The molecule has 2 nitrogen and oxygen atoms in total. The number of thioether (sulfide) groups is 1. The maximum absolute atomic E-state index is 5.81. The fourth-order valence-electron chi connectivity index (χ4n) is 1.60. The van der Waals surface area contributed by atoms with Crippen LogP contribution in [0.15, 0.2) is 51.8 Å². The van der Waals surface area contributed by atoms with E-state index >= 15 is 0 Å². The van der Waals surface area contributed by atoms with Crippen molar-refractivity contribution in [1.82, 2.24) is 0 Å². The first-order valence-electron chi connectivity index (χ1n) is 5.49. The molecule has 94 valence electrons. The predicted octanol–water partition coefficient (Wildman–Crippen LogP) is 4.33. The molecule has 0 spiro atoms. The van der Waals surface area contributed by atoms with Crippen LogP contribution in [-0.2, 0) is 5.75 Å². The Morgan fingerprint density at radius 2 is 1.89 bits per heavy atom. The molecule has 0 bridgehead atoms. The van der Waals surface area contributed by atoms with Gasteiger partial charge in [0.05, 0.1) is 7.11 Å². The molecular formula is C14H14BrNOS. The molecule has 0 aromatic heterocycles. The first-order valence-corrected chi connectivity index (χ1v) is 7.27. The molecule has 0 heterocycles. The van der Waals surface area contributed by atoms with Crippen LogP contribution in [0.1, 0.15) is 5.56 Å². The summed E-state index contributed by atoms with van der Waals surface area (Å²) in [5.41, 5.74) is 7.81. The average molecular weight is 324 g/mol. The third-order valence-electron chi connectivity index (χ3n) is 2.44. The van der Waals surface area contributed by atoms with Crippen LogP contribution in [0.25, 0.3) is 0 Å². The highest BCUT2D eigenvalue weighted by molar-refractivity contribution is 9.10. The standard InChI is InChI=1S/C14H14BrNOS/c1-17-13-2-4-14(5-3-13)18-9-10-6-11(15)8-12(16)7-10/h2-8H,9,16H2,1H3. The van der Waals surface area contributed by atoms with Crippen molar-refractivity contribution in [3.05, 3.63) is 52.5 Å². The van der Waals surface area contributed by atoms with Crippen LogP contribution in [0.4, 0.5) is 5.69 Å². The minimum atomic E-state index is 0.787. The second-order valence-corrected chi connectivity index (χ2v) is 5.82. The number of methoxy groups -OCH3 is 1. The lowest BCUT2D eigenvalue weighted by molar-refractivity contribution is 0.414. The molecule has 0 aliphatic rings. The van der Waals surface area contributed by atoms with Crippen molar-refractivity contribution in [1.29, 1.82) is 0 Å². The van der Waals surface area contributed by atoms with Crippen LogP contribution < -0.4 is 10.5 Å². The van der Waals surface area contributed by atoms with E-state index in [2.05, 4.69) is 34.1 Å². The lowest BCUT2D eigenvalue weighted by atomic mass is 10.2. The van der Waals surface area contributed by atoms with Crippen molar-refractivity contribution in [3.63, 3.8) is 0 Å². The van der Waals surface area contributed by atoms with Crippen LogP contribution in [-0.4, -0.2) is 7.11 Å². The third-order valence-corrected chi connectivity index (χ3v) is 3.99. The molecule has 0 saturated carbocycles. The summed E-state index contributed by atoms with van der Waals surface area (Å²) in [5, 5.41) is 0. The summed E-state index contributed by atoms with van der Waals surface area (Å²) < 4.78 is 6.15. The molecule has 0 unspecified atom stereocenters. The molecular weight excluding hydrogens is 310 g/mol. The van der Waals surface area contributed by atoms with E-state index in [0.717, 1.165) is 21.7 Å². The number of hydrogen-bond donors (Lipinski definition) is 1. The number of hydrogen-bond acceptors (Lipinski definition) is 3. The van der Waals surface area contributed by atoms with E-state index in [-0.39, 0.29) is 0 Å². The fourth-order valence-corrected chi connectivity index (χ4v) is 2.98. The molecule has 0 aliphatic heterocycles. The molecule has 2 aromatic rings. The van der Waals surface area contributed by atoms with Crippen molar-refractivity contribution in [2.24, 2.45) is 0 Å². The van der Waals surface area contributed by atoms with Crippen LogP contribution in [0.3, 0.4) is 0 Å². The number of benzene rings is 2. The lowest BCUT2D eigenvalue weighted by Gasteiger charge is -2.05. The van der Waals surface area contributed by atoms with E-state index < -0.39 is 0 Å². The number of rotatable bonds is 4. The second kappa shape index (κ2) is 6.16. The highest BCUT2D eigenvalue weighted by Gasteiger charge is 2.00. The molecule has 4 heteroatoms. The number of anilines is 1. The predicted molar refractivity (Wildman–Crippen MR) is 81.1 cm³/mol. The Morgan fingerprint density at radius 1 is 1.17 bits per heavy atom. The summed E-state index contributed by atoms with van der Waals surface area (Å²) in [6.45, 7) is 0. The number of nitrogen functional groups attached to an aromatic ring is 1. The quantitative estimate of drug-likeness (QED) is 0.671. The van der Waals surface area contributed by atoms with Crippen LogP contribution in [0.2, 0.25) is 0 Å². The Morgan fingerprint density at radius 3 is 2.50 bits per heavy atom. The summed E-state index contributed by atoms with van der Waals surface area (Å²) in [7, 11) is 1.67. The van der Waals surface area contributed by atoms with Crippen molar-refractivity contribution in [3.8, 4) is 5.75 Å². The molecule has 2 rings (SSSR count). The molecule has 0 amide bonds. The Bertz CT molecular complexity index is 508. The van der Waals surface area contributed by atoms with Gasteiger partial charge in [-0.2, -0.15) is 0 Å². The summed E-state index contributed by atoms with van der Waals surface area (Å²) in [4.78, 5) is 1.22. The summed E-state index contributed by atoms with van der Waals surface area (Å²) in [6.07, 6.45) is 0. The normalized spacial score (nSPS) is 10.3. The topological polar surface area (TPSA) is 35.2 Å². The number of nitrogens with two attached hydrogens (primary N) is 1. The smallest absolute Gasteiger partial charge is 0.118 e. The highest BCUT2D eigenvalue weighted by Crippen LogP contribution is 2.27. The number of halogens is 1. The largest absolute Gasteiger partial charge is 0.497 e. The Labute approximate surface area is 120 Å². The van der Waals surface area contributed by atoms with E-state index in [1.165, 1.54) is 10.5 Å². The fraction of sp³-hybridized carbons (Fsp3) is 0.143. The van der Waals surface area contributed by atoms with Gasteiger partial charge in [-0.25, -0.2) is 0 Å². The van der Waals surface area contributed by atoms with Gasteiger partial charge in [0.15, 0.2) is 0 Å². The van der Waals surface area contributed by atoms with E-state index in [9.17, 15) is 0 Å². The van der Waals surface area contributed by atoms with Crippen LogP contribution in [0.5, 0.6) is 5.75 Å². The van der Waals surface area contributed by atoms with E-state index in [1.54, 1.807) is 18.9 Å². The van der Waals surface area contributed by atoms with Crippen molar-refractivity contribution in [2.45, 2.75) is 10.6 Å². The second-order valence-electron chi connectivity index (χ2n) is 3.86. The highest BCUT2D eigenvalue weighted by atomic mass is 79.9. The van der Waals surface area contributed by atoms with Crippen LogP contribution >= 0.6 is 27.7 Å². The first kappa shape index (κ1) is 13.3. The van der Waals surface area contributed by atoms with E-state index in [1.807, 2.05) is 24.3 Å². The summed E-state index contributed by atoms with van der Waals surface area (Å²) in [6, 6.07) is 14.1. The third kappa shape index (κ3) is 3.68. The zero-order chi connectivity index (χ0) is 13.0. The number of ether oxygens (including phenoxy) is 1. The molecule has 2 N–H and O–H groups in total. The maximum Gasteiger partial charge on any atom is 0.118 e. The minimum absolute atomic E-state index is 0.787. The Hall–Kier alpha value is -1.13. The van der Waals surface area contributed by atoms with Gasteiger partial charge in [-0.05, 0) is 48.0 Å². The van der Waals surface area contributed by atoms with Crippen molar-refractivity contribution in [2.75, 3.05) is 12.8 Å². The molecule has 0 fully saturated rings. The van der Waals surface area contributed by atoms with Gasteiger partial charge in [0.25, 0.3) is 0 Å². The Kier molecular flexibility index (Phi) is 4.55. The molecule has 0 atom stereocenters. The van der Waals surface area contributed by atoms with Gasteiger partial charge < -0.3 is 10.5 Å². The van der Waals surface area contributed by atoms with Crippen LogP contribution in [0, 0.1) is 0 Å². The summed E-state index contributed by atoms with van der Waals surface area (Å²) >= 11 is 5.23. The van der Waals surface area contributed by atoms with Gasteiger partial charge in [0.1, 0.15) is 5.75 Å². The van der Waals surface area contributed by atoms with Crippen molar-refractivity contribution < 1.29 is 4.74 Å². The zero-order valence-electron chi connectivity index (χ0n) is 10.0. The van der Waals surface area contributed by atoms with Gasteiger partial charge in [-0.15, -0.1) is 11.8 Å². The SMILES string of the molecule is COc1ccc(SCc2cc(N)cc(Br)c2)cc1. The molecule has 2 aromatic carbocycles. The van der Waals surface area contributed by atoms with E-state index in [4.69, 9.17) is 10.5 Å². The Balaban J connectivity index is 2.01. The summed E-state index contributed by atoms with van der Waals surface area (Å²) in [5.74, 6) is 1.78. The first-order chi connectivity index (χ1) is 8.67. The minimum Gasteiger partial charge on any atom is -0.497 e. The van der Waals surface area contributed by atoms with E-state index in [0.29, 0.717) is 0 Å². The monoisotopic (exact) mass is 323 g/mol. The van der Waals surface area contributed by atoms with Gasteiger partial charge in [0, 0.05) is 20.8 Å². The average Bonchev–Trinajstić information content (AvgIpc) is 2.36. The molecule has 0 radical (unpaired) electrons. The van der Waals surface area contributed by atoms with Gasteiger partial charge in [-0.1, -0.05) is 15.9 Å². The van der Waals surface area contributed by atoms with Crippen molar-refractivity contribution >= 4 is 33.4 Å². The maximum atomic E-state index is 5.81.